The largest absolute Gasteiger partial charge is 0.322 e. The number of halogens is 2. The highest BCUT2D eigenvalue weighted by Gasteiger charge is 2.42. The Balaban J connectivity index is 1.34. The molecule has 5 rings (SSSR count). The maximum Gasteiger partial charge on any atom is 0.251 e. The number of nitrogens with one attached hydrogen (secondary N) is 2. The minimum Gasteiger partial charge on any atom is -0.322 e. The molecule has 0 bridgehead atoms. The van der Waals surface area contributed by atoms with Crippen LogP contribution in [0.3, 0.4) is 0 Å². The standard InChI is InChI=1S/C28H24ClFN4O2S/c1-18-32-28(2)17-19(8-15-26(28)34(18)23-6-4-3-5-7-23)27(35)31-22-13-14-24(30)25(16-22)37(36)33-21-11-9-20(29)10-12-21/h3-16H,17H2,1-2H3,(H,31,35)(H,33,36)/p+1. The van der Waals surface area contributed by atoms with Gasteiger partial charge in [-0.15, -0.1) is 0 Å². The highest BCUT2D eigenvalue weighted by Crippen LogP contribution is 2.42. The Labute approximate surface area is 222 Å². The van der Waals surface area contributed by atoms with Crippen molar-refractivity contribution in [2.24, 2.45) is 4.99 Å². The molecular weight excluding hydrogens is 511 g/mol. The van der Waals surface area contributed by atoms with Gasteiger partial charge in [0, 0.05) is 34.5 Å². The van der Waals surface area contributed by atoms with Crippen molar-refractivity contribution in [2.75, 3.05) is 14.9 Å². The summed E-state index contributed by atoms with van der Waals surface area (Å²) in [6, 6.07) is 20.6. The number of nitrogens with zero attached hydrogens (tertiary/aromatic N) is 2. The van der Waals surface area contributed by atoms with Crippen molar-refractivity contribution in [3.8, 4) is 0 Å². The predicted molar refractivity (Wildman–Crippen MR) is 149 cm³/mol. The maximum absolute atomic E-state index is 14.5. The van der Waals surface area contributed by atoms with Gasteiger partial charge in [-0.2, -0.15) is 0 Å². The number of allylic oxidation sites excluding steroid dienone is 2. The third-order valence-electron chi connectivity index (χ3n) is 6.31. The lowest BCUT2D eigenvalue weighted by Crippen LogP contribution is -2.34. The van der Waals surface area contributed by atoms with E-state index in [1.165, 1.54) is 18.2 Å². The highest BCUT2D eigenvalue weighted by atomic mass is 35.5. The normalized spacial score (nSPS) is 19.4. The molecule has 1 aliphatic carbocycles. The van der Waals surface area contributed by atoms with Crippen molar-refractivity contribution >= 4 is 51.4 Å². The first kappa shape index (κ1) is 24.9. The Hall–Kier alpha value is -3.75. The van der Waals surface area contributed by atoms with E-state index in [1.54, 1.807) is 30.3 Å². The van der Waals surface area contributed by atoms with Gasteiger partial charge >= 0.3 is 0 Å². The molecule has 2 atom stereocenters. The van der Waals surface area contributed by atoms with Gasteiger partial charge in [-0.25, -0.2) is 9.11 Å². The first-order valence-electron chi connectivity index (χ1n) is 11.7. The summed E-state index contributed by atoms with van der Waals surface area (Å²) in [5, 5.41) is 3.36. The van der Waals surface area contributed by atoms with Crippen LogP contribution in [-0.2, 0) is 20.0 Å². The lowest BCUT2D eigenvalue weighted by molar-refractivity contribution is -0.113. The van der Waals surface area contributed by atoms with Gasteiger partial charge in [0.05, 0.1) is 11.4 Å². The molecule has 1 heterocycles. The highest BCUT2D eigenvalue weighted by molar-refractivity contribution is 7.86. The van der Waals surface area contributed by atoms with Gasteiger partial charge in [0.2, 0.25) is 4.90 Å². The van der Waals surface area contributed by atoms with Crippen LogP contribution in [0.5, 0.6) is 0 Å². The summed E-state index contributed by atoms with van der Waals surface area (Å²) in [5.74, 6) is -0.0922. The molecule has 2 N–H and O–H groups in total. The van der Waals surface area contributed by atoms with Gasteiger partial charge in [0.25, 0.3) is 5.91 Å². The van der Waals surface area contributed by atoms with Crippen molar-refractivity contribution in [1.82, 2.24) is 0 Å². The van der Waals surface area contributed by atoms with E-state index >= 15 is 0 Å². The second-order valence-electron chi connectivity index (χ2n) is 9.06. The average molecular weight is 536 g/mol. The molecular formula is C28H25ClFN4O2S+. The number of hydrogen-bond acceptors (Lipinski definition) is 4. The summed E-state index contributed by atoms with van der Waals surface area (Å²) in [4.78, 5) is 20.1. The maximum atomic E-state index is 14.5. The number of benzene rings is 3. The Morgan fingerprint density at radius 3 is 2.49 bits per heavy atom. The molecule has 2 unspecified atom stereocenters. The van der Waals surface area contributed by atoms with Gasteiger partial charge in [-0.1, -0.05) is 40.1 Å². The molecule has 0 fully saturated rings. The minimum atomic E-state index is -2.30. The van der Waals surface area contributed by atoms with Crippen molar-refractivity contribution < 1.29 is 13.4 Å². The number of thiol groups is 1. The number of rotatable bonds is 6. The van der Waals surface area contributed by atoms with Crippen LogP contribution < -0.4 is 14.9 Å². The van der Waals surface area contributed by atoms with Crippen molar-refractivity contribution in [3.05, 3.63) is 107 Å². The molecule has 1 amide bonds. The van der Waals surface area contributed by atoms with Crippen LogP contribution in [0.2, 0.25) is 5.02 Å². The molecule has 3 aromatic carbocycles. The van der Waals surface area contributed by atoms with Crippen molar-refractivity contribution in [2.45, 2.75) is 30.7 Å². The quantitative estimate of drug-likeness (QED) is 0.283. The SMILES string of the molecule is CC1=NC2(C)CC(C(=O)Nc3ccc(F)c([SH+](=O)Nc4ccc(Cl)cc4)c3)=CC=C2N1c1ccccc1. The fraction of sp³-hybridized carbons (Fsp3) is 0.143. The van der Waals surface area contributed by atoms with Gasteiger partial charge < -0.3 is 10.2 Å². The van der Waals surface area contributed by atoms with Crippen LogP contribution in [0.1, 0.15) is 20.3 Å². The van der Waals surface area contributed by atoms with Gasteiger partial charge in [-0.05, 0) is 68.5 Å². The smallest absolute Gasteiger partial charge is 0.251 e. The zero-order valence-electron chi connectivity index (χ0n) is 20.2. The Morgan fingerprint density at radius 1 is 1.05 bits per heavy atom. The van der Waals surface area contributed by atoms with Gasteiger partial charge in [0.1, 0.15) is 11.4 Å². The Bertz CT molecular complexity index is 1490. The molecule has 1 aliphatic heterocycles. The zero-order valence-corrected chi connectivity index (χ0v) is 21.9. The third-order valence-corrected chi connectivity index (χ3v) is 7.80. The summed E-state index contributed by atoms with van der Waals surface area (Å²) in [5.41, 5.74) is 2.87. The van der Waals surface area contributed by atoms with Crippen LogP contribution >= 0.6 is 11.6 Å². The molecule has 0 radical (unpaired) electrons. The van der Waals surface area contributed by atoms with Crippen LogP contribution in [0, 0.1) is 5.82 Å². The van der Waals surface area contributed by atoms with E-state index < -0.39 is 22.3 Å². The van der Waals surface area contributed by atoms with Gasteiger partial charge in [0.15, 0.2) is 16.8 Å². The van der Waals surface area contributed by atoms with Crippen LogP contribution in [0.15, 0.2) is 106 Å². The lowest BCUT2D eigenvalue weighted by atomic mass is 9.85. The minimum absolute atomic E-state index is 0.0379. The molecule has 188 valence electrons. The molecule has 0 spiro atoms. The van der Waals surface area contributed by atoms with Crippen LogP contribution in [0.25, 0.3) is 0 Å². The molecule has 9 heteroatoms. The number of fused-ring (bicyclic) bond motifs is 1. The number of carbonyl (C=O) groups is 1. The molecule has 0 saturated heterocycles. The topological polar surface area (TPSA) is 73.8 Å². The van der Waals surface area contributed by atoms with E-state index in [9.17, 15) is 13.4 Å². The first-order chi connectivity index (χ1) is 17.7. The van der Waals surface area contributed by atoms with E-state index in [0.29, 0.717) is 28.4 Å². The summed E-state index contributed by atoms with van der Waals surface area (Å²) >= 11 is 5.89. The first-order valence-corrected chi connectivity index (χ1v) is 13.3. The van der Waals surface area contributed by atoms with Gasteiger partial charge in [-0.3, -0.25) is 9.79 Å². The Morgan fingerprint density at radius 2 is 1.76 bits per heavy atom. The molecule has 0 saturated carbocycles. The molecule has 3 aromatic rings. The summed E-state index contributed by atoms with van der Waals surface area (Å²) in [6.45, 7) is 3.96. The van der Waals surface area contributed by atoms with Crippen molar-refractivity contribution in [1.29, 1.82) is 0 Å². The predicted octanol–water partition coefficient (Wildman–Crippen LogP) is 6.41. The molecule has 2 aliphatic rings. The fourth-order valence-electron chi connectivity index (χ4n) is 4.59. The lowest BCUT2D eigenvalue weighted by Gasteiger charge is -2.31. The zero-order chi connectivity index (χ0) is 26.2. The number of hydrogen-bond donors (Lipinski definition) is 2. The monoisotopic (exact) mass is 535 g/mol. The second-order valence-corrected chi connectivity index (χ2v) is 10.8. The number of amides is 1. The third kappa shape index (κ3) is 5.08. The number of carbonyl (C=O) groups excluding carboxylic acids is 1. The van der Waals surface area contributed by atoms with Crippen molar-refractivity contribution in [3.63, 3.8) is 0 Å². The van der Waals surface area contributed by atoms with Crippen LogP contribution in [-0.4, -0.2) is 17.3 Å². The molecule has 37 heavy (non-hydrogen) atoms. The number of aliphatic imine (C=N–C) groups is 1. The second kappa shape index (κ2) is 9.95. The summed E-state index contributed by atoms with van der Waals surface area (Å²) in [6.07, 6.45) is 4.13. The fourth-order valence-corrected chi connectivity index (χ4v) is 5.75. The van der Waals surface area contributed by atoms with E-state index in [0.717, 1.165) is 17.2 Å². The van der Waals surface area contributed by atoms with E-state index in [4.69, 9.17) is 16.6 Å². The van der Waals surface area contributed by atoms with E-state index in [-0.39, 0.29) is 10.8 Å². The number of para-hydroxylation sites is 1. The Kier molecular flexibility index (Phi) is 6.70. The number of anilines is 3. The molecule has 6 nitrogen and oxygen atoms in total. The number of amidine groups is 1. The van der Waals surface area contributed by atoms with E-state index in [2.05, 4.69) is 14.9 Å². The van der Waals surface area contributed by atoms with E-state index in [1.807, 2.05) is 50.3 Å². The average Bonchev–Trinajstić information content (AvgIpc) is 3.15. The van der Waals surface area contributed by atoms with Crippen LogP contribution in [0.4, 0.5) is 21.5 Å². The summed E-state index contributed by atoms with van der Waals surface area (Å²) < 4.78 is 30.1. The summed E-state index contributed by atoms with van der Waals surface area (Å²) in [7, 11) is -2.30. The molecule has 0 aromatic heterocycles.